The molecule has 0 unspecified atom stereocenters. The molecule has 0 aromatic carbocycles. The summed E-state index contributed by atoms with van der Waals surface area (Å²) in [6.45, 7) is 22.1. The summed E-state index contributed by atoms with van der Waals surface area (Å²) in [4.78, 5) is 12.8. The standard InChI is InChI=1S/C47H72O10/c1-32(2)43-33(3)23-24-35-26-37(53-45(6,7)51-35)28-39-30-41(57-47(10,11)55-39)31-40-29-38(54-46(8,9)56-40)27-36-25-34(50-44(4,5)52-36)21-19-17-15-13-12-14-16-18-20-22-42(48)49-43/h12-20,22-24,32-41,43H,21,25-31H2,1-11H3/b14-12+,15-13+,18-16+,19-17+,22-20+,24-23+/t33-,34-,35-,36-,37-,38-,39+,40+,41+,43-/m0/s1. The molecule has 0 aromatic rings. The minimum atomic E-state index is -0.775. The fourth-order valence-electron chi connectivity index (χ4n) is 9.08. The van der Waals surface area contributed by atoms with Crippen molar-refractivity contribution < 1.29 is 47.4 Å². The van der Waals surface area contributed by atoms with Gasteiger partial charge < -0.3 is 42.6 Å². The van der Waals surface area contributed by atoms with Crippen LogP contribution in [0.4, 0.5) is 0 Å². The van der Waals surface area contributed by atoms with Crippen LogP contribution in [0.15, 0.2) is 72.9 Å². The number of allylic oxidation sites excluding steroid dienone is 8. The largest absolute Gasteiger partial charge is 0.458 e. The Morgan fingerprint density at radius 1 is 0.491 bits per heavy atom. The molecule has 4 fully saturated rings. The maximum atomic E-state index is 12.8. The smallest absolute Gasteiger partial charge is 0.331 e. The van der Waals surface area contributed by atoms with E-state index in [0.29, 0.717) is 12.8 Å². The SMILES string of the molecule is CC(C)[C@@H]1OC(=O)/C=C/C=C/C=C/C=C/C=C/C[C@H]2C[C@@H](C[C@H]3C[C@H](C[C@H]4C[C@@H](C[C@@H]5C[C@H](/C=C/[C@@H]1C)OC(C)(C)O5)OC(C)(C)O4)OC(C)(C)O3)OC(C)(C)O2. The first kappa shape index (κ1) is 45.7. The van der Waals surface area contributed by atoms with Crippen LogP contribution in [-0.2, 0) is 47.4 Å². The minimum Gasteiger partial charge on any atom is -0.458 e. The van der Waals surface area contributed by atoms with Crippen molar-refractivity contribution in [3.05, 3.63) is 72.9 Å². The zero-order valence-corrected chi connectivity index (χ0v) is 36.5. The minimum absolute atomic E-state index is 0.00762. The van der Waals surface area contributed by atoms with Crippen LogP contribution in [0.25, 0.3) is 0 Å². The van der Waals surface area contributed by atoms with Crippen LogP contribution >= 0.6 is 0 Å². The van der Waals surface area contributed by atoms with Gasteiger partial charge in [-0.15, -0.1) is 0 Å². The lowest BCUT2D eigenvalue weighted by atomic mass is 9.91. The topological polar surface area (TPSA) is 100 Å². The molecule has 5 heterocycles. The normalized spacial score (nSPS) is 41.2. The van der Waals surface area contributed by atoms with Gasteiger partial charge in [0.1, 0.15) is 6.10 Å². The lowest BCUT2D eigenvalue weighted by Gasteiger charge is -2.47. The molecule has 0 saturated carbocycles. The Kier molecular flexibility index (Phi) is 15.8. The fraction of sp³-hybridized carbons (Fsp3) is 0.723. The third-order valence-electron chi connectivity index (χ3n) is 10.8. The lowest BCUT2D eigenvalue weighted by Crippen LogP contribution is -2.51. The van der Waals surface area contributed by atoms with Crippen molar-refractivity contribution >= 4 is 5.97 Å². The Balaban J connectivity index is 1.34. The van der Waals surface area contributed by atoms with Crippen molar-refractivity contribution in [1.82, 2.24) is 0 Å². The summed E-state index contributed by atoms with van der Waals surface area (Å²) in [6.07, 6.45) is 28.3. The Labute approximate surface area is 343 Å². The molecular formula is C47H72O10. The number of carbonyl (C=O) groups is 1. The van der Waals surface area contributed by atoms with E-state index in [9.17, 15) is 4.79 Å². The molecule has 0 N–H and O–H groups in total. The van der Waals surface area contributed by atoms with Gasteiger partial charge in [-0.05, 0) is 67.7 Å². The zero-order chi connectivity index (χ0) is 41.4. The van der Waals surface area contributed by atoms with Crippen molar-refractivity contribution in [3.63, 3.8) is 0 Å². The Hall–Kier alpha value is -2.41. The second-order valence-corrected chi connectivity index (χ2v) is 18.7. The first-order valence-corrected chi connectivity index (χ1v) is 21.4. The molecule has 0 amide bonds. The predicted octanol–water partition coefficient (Wildman–Crippen LogP) is 9.74. The van der Waals surface area contributed by atoms with E-state index in [1.54, 1.807) is 6.08 Å². The first-order valence-electron chi connectivity index (χ1n) is 21.4. The Morgan fingerprint density at radius 3 is 1.32 bits per heavy atom. The van der Waals surface area contributed by atoms with E-state index >= 15 is 0 Å². The van der Waals surface area contributed by atoms with Gasteiger partial charge in [0.25, 0.3) is 0 Å². The molecule has 0 spiro atoms. The molecule has 320 valence electrons. The monoisotopic (exact) mass is 797 g/mol. The highest BCUT2D eigenvalue weighted by atomic mass is 16.7. The van der Waals surface area contributed by atoms with Gasteiger partial charge in [0.2, 0.25) is 0 Å². The molecule has 4 saturated heterocycles. The molecule has 5 aliphatic heterocycles. The first-order chi connectivity index (χ1) is 26.7. The van der Waals surface area contributed by atoms with E-state index in [1.165, 1.54) is 6.08 Å². The lowest BCUT2D eigenvalue weighted by molar-refractivity contribution is -0.338. The summed E-state index contributed by atoms with van der Waals surface area (Å²) in [5.41, 5.74) is 0. The number of hydrogen-bond acceptors (Lipinski definition) is 10. The van der Waals surface area contributed by atoms with Gasteiger partial charge in [0, 0.05) is 56.9 Å². The number of ether oxygens (including phenoxy) is 9. The van der Waals surface area contributed by atoms with E-state index < -0.39 is 23.1 Å². The van der Waals surface area contributed by atoms with Gasteiger partial charge in [0.05, 0.1) is 48.8 Å². The van der Waals surface area contributed by atoms with Gasteiger partial charge >= 0.3 is 5.97 Å². The van der Waals surface area contributed by atoms with E-state index in [-0.39, 0.29) is 72.7 Å². The van der Waals surface area contributed by atoms with E-state index in [4.69, 9.17) is 42.6 Å². The third-order valence-corrected chi connectivity index (χ3v) is 10.8. The van der Waals surface area contributed by atoms with Crippen LogP contribution in [0.3, 0.4) is 0 Å². The van der Waals surface area contributed by atoms with Crippen molar-refractivity contribution in [1.29, 1.82) is 0 Å². The van der Waals surface area contributed by atoms with Gasteiger partial charge in [-0.3, -0.25) is 0 Å². The molecule has 8 bridgehead atoms. The molecular weight excluding hydrogens is 725 g/mol. The zero-order valence-electron chi connectivity index (χ0n) is 36.5. The molecule has 10 heteroatoms. The quantitative estimate of drug-likeness (QED) is 0.188. The van der Waals surface area contributed by atoms with Crippen LogP contribution in [0, 0.1) is 11.8 Å². The number of carbonyl (C=O) groups excluding carboxylic acids is 1. The van der Waals surface area contributed by atoms with Crippen molar-refractivity contribution in [3.8, 4) is 0 Å². The van der Waals surface area contributed by atoms with Crippen LogP contribution in [0.2, 0.25) is 0 Å². The highest BCUT2D eigenvalue weighted by Gasteiger charge is 2.44. The van der Waals surface area contributed by atoms with E-state index in [0.717, 1.165) is 38.5 Å². The van der Waals surface area contributed by atoms with Crippen LogP contribution in [0.5, 0.6) is 0 Å². The average Bonchev–Trinajstić information content (AvgIpc) is 3.05. The summed E-state index contributed by atoms with van der Waals surface area (Å²) < 4.78 is 57.8. The molecule has 0 aliphatic carbocycles. The summed E-state index contributed by atoms with van der Waals surface area (Å²) in [5.74, 6) is -3.22. The number of rotatable bonds is 1. The van der Waals surface area contributed by atoms with Crippen molar-refractivity contribution in [2.75, 3.05) is 0 Å². The number of cyclic esters (lactones) is 1. The average molecular weight is 797 g/mol. The maximum absolute atomic E-state index is 12.8. The molecule has 10 atom stereocenters. The summed E-state index contributed by atoms with van der Waals surface area (Å²) in [6, 6.07) is 0. The Bertz CT molecular complexity index is 1480. The molecule has 0 radical (unpaired) electrons. The van der Waals surface area contributed by atoms with Crippen molar-refractivity contribution in [2.45, 2.75) is 206 Å². The summed E-state index contributed by atoms with van der Waals surface area (Å²) >= 11 is 0. The third kappa shape index (κ3) is 15.3. The highest BCUT2D eigenvalue weighted by Crippen LogP contribution is 2.40. The van der Waals surface area contributed by atoms with Gasteiger partial charge in [-0.1, -0.05) is 87.6 Å². The van der Waals surface area contributed by atoms with Crippen LogP contribution in [0.1, 0.15) is 128 Å². The second-order valence-electron chi connectivity index (χ2n) is 18.7. The Morgan fingerprint density at radius 2 is 0.860 bits per heavy atom. The van der Waals surface area contributed by atoms with E-state index in [2.05, 4.69) is 39.0 Å². The van der Waals surface area contributed by atoms with Crippen molar-refractivity contribution in [2.24, 2.45) is 11.8 Å². The molecule has 57 heavy (non-hydrogen) atoms. The fourth-order valence-corrected chi connectivity index (χ4v) is 9.08. The molecule has 5 rings (SSSR count). The number of hydrogen-bond donors (Lipinski definition) is 0. The van der Waals surface area contributed by atoms with Gasteiger partial charge in [-0.2, -0.15) is 0 Å². The van der Waals surface area contributed by atoms with E-state index in [1.807, 2.05) is 97.9 Å². The van der Waals surface area contributed by atoms with Crippen LogP contribution < -0.4 is 0 Å². The molecule has 0 aromatic heterocycles. The van der Waals surface area contributed by atoms with Crippen LogP contribution in [-0.4, -0.2) is 84.1 Å². The number of fused-ring (bicyclic) bond motifs is 8. The summed E-state index contributed by atoms with van der Waals surface area (Å²) in [5, 5.41) is 0. The highest BCUT2D eigenvalue weighted by molar-refractivity contribution is 5.82. The maximum Gasteiger partial charge on any atom is 0.331 e. The second kappa shape index (κ2) is 19.8. The summed E-state index contributed by atoms with van der Waals surface area (Å²) in [7, 11) is 0. The molecule has 5 aliphatic rings. The predicted molar refractivity (Wildman–Crippen MR) is 221 cm³/mol. The van der Waals surface area contributed by atoms with Gasteiger partial charge in [0.15, 0.2) is 23.1 Å². The van der Waals surface area contributed by atoms with Gasteiger partial charge in [-0.25, -0.2) is 4.79 Å². The molecule has 10 nitrogen and oxygen atoms in total. The number of esters is 1.